The summed E-state index contributed by atoms with van der Waals surface area (Å²) in [6, 6.07) is 5.27. The van der Waals surface area contributed by atoms with Gasteiger partial charge in [-0.1, -0.05) is 6.07 Å². The van der Waals surface area contributed by atoms with Gasteiger partial charge in [-0.2, -0.15) is 0 Å². The van der Waals surface area contributed by atoms with Crippen LogP contribution in [-0.2, 0) is 0 Å². The number of phenolic OH excluding ortho intramolecular Hbond substituents is 1. The Bertz CT molecular complexity index is 410. The minimum Gasteiger partial charge on any atom is -0.507 e. The molecule has 1 heterocycles. The van der Waals surface area contributed by atoms with E-state index in [0.717, 1.165) is 5.56 Å². The van der Waals surface area contributed by atoms with Crippen molar-refractivity contribution in [1.82, 2.24) is 10.2 Å². The fourth-order valence-corrected chi connectivity index (χ4v) is 1.11. The van der Waals surface area contributed by atoms with Gasteiger partial charge >= 0.3 is 0 Å². The molecule has 0 aliphatic carbocycles. The fraction of sp³-hybridized carbons (Fsp3) is 0.111. The van der Waals surface area contributed by atoms with Crippen molar-refractivity contribution in [3.63, 3.8) is 0 Å². The smallest absolute Gasteiger partial charge is 0.251 e. The average Bonchev–Trinajstić information content (AvgIpc) is 2.56. The number of hydrogen-bond acceptors (Lipinski definition) is 4. The third-order valence-corrected chi connectivity index (χ3v) is 1.74. The molecular weight excluding hydrogens is 168 g/mol. The zero-order valence-corrected chi connectivity index (χ0v) is 7.06. The standard InChI is InChI=1S/C9H8N2O2/c1-6-2-3-7(8(12)4-6)9-11-10-5-13-9/h2-5,12H,1H3. The number of benzene rings is 1. The number of nitrogens with zero attached hydrogens (tertiary/aromatic N) is 2. The van der Waals surface area contributed by atoms with E-state index in [0.29, 0.717) is 11.5 Å². The van der Waals surface area contributed by atoms with Gasteiger partial charge in [-0.25, -0.2) is 0 Å². The van der Waals surface area contributed by atoms with Gasteiger partial charge in [-0.15, -0.1) is 10.2 Å². The maximum Gasteiger partial charge on any atom is 0.251 e. The topological polar surface area (TPSA) is 59.2 Å². The van der Waals surface area contributed by atoms with Gasteiger partial charge in [0.25, 0.3) is 5.89 Å². The van der Waals surface area contributed by atoms with E-state index in [1.807, 2.05) is 13.0 Å². The van der Waals surface area contributed by atoms with Gasteiger partial charge in [-0.3, -0.25) is 0 Å². The van der Waals surface area contributed by atoms with Crippen molar-refractivity contribution in [2.45, 2.75) is 6.92 Å². The third kappa shape index (κ3) is 1.38. The SMILES string of the molecule is Cc1ccc(-c2nnco2)c(O)c1. The van der Waals surface area contributed by atoms with Gasteiger partial charge in [0.1, 0.15) is 5.75 Å². The minimum absolute atomic E-state index is 0.157. The molecule has 13 heavy (non-hydrogen) atoms. The highest BCUT2D eigenvalue weighted by atomic mass is 16.4. The van der Waals surface area contributed by atoms with E-state index >= 15 is 0 Å². The van der Waals surface area contributed by atoms with Crippen LogP contribution < -0.4 is 0 Å². The lowest BCUT2D eigenvalue weighted by molar-refractivity contribution is 0.472. The largest absolute Gasteiger partial charge is 0.507 e. The maximum atomic E-state index is 9.54. The molecule has 0 saturated heterocycles. The first-order valence-corrected chi connectivity index (χ1v) is 3.83. The molecule has 1 aromatic carbocycles. The molecule has 0 unspecified atom stereocenters. The van der Waals surface area contributed by atoms with Crippen LogP contribution in [0.1, 0.15) is 5.56 Å². The minimum atomic E-state index is 0.157. The maximum absolute atomic E-state index is 9.54. The van der Waals surface area contributed by atoms with E-state index in [9.17, 15) is 5.11 Å². The summed E-state index contributed by atoms with van der Waals surface area (Å²) in [4.78, 5) is 0. The molecule has 4 heteroatoms. The van der Waals surface area contributed by atoms with Crippen molar-refractivity contribution in [1.29, 1.82) is 0 Å². The summed E-state index contributed by atoms with van der Waals surface area (Å²) in [5.41, 5.74) is 1.55. The summed E-state index contributed by atoms with van der Waals surface area (Å²) < 4.78 is 4.96. The van der Waals surface area contributed by atoms with Gasteiger partial charge < -0.3 is 9.52 Å². The molecule has 4 nitrogen and oxygen atoms in total. The molecule has 0 atom stereocenters. The molecule has 1 N–H and O–H groups in total. The first kappa shape index (κ1) is 7.79. The molecule has 0 amide bonds. The molecule has 0 aliphatic rings. The summed E-state index contributed by atoms with van der Waals surface area (Å²) in [7, 11) is 0. The van der Waals surface area contributed by atoms with Gasteiger partial charge in [0, 0.05) is 0 Å². The first-order valence-electron chi connectivity index (χ1n) is 3.83. The van der Waals surface area contributed by atoms with Crippen molar-refractivity contribution < 1.29 is 9.52 Å². The zero-order valence-electron chi connectivity index (χ0n) is 7.06. The van der Waals surface area contributed by atoms with Gasteiger partial charge in [0.05, 0.1) is 5.56 Å². The number of aromatic nitrogens is 2. The van der Waals surface area contributed by atoms with Crippen LogP contribution in [0.25, 0.3) is 11.5 Å². The highest BCUT2D eigenvalue weighted by molar-refractivity contribution is 5.62. The quantitative estimate of drug-likeness (QED) is 0.719. The molecule has 0 bridgehead atoms. The number of hydrogen-bond donors (Lipinski definition) is 1. The molecule has 0 fully saturated rings. The van der Waals surface area contributed by atoms with Crippen LogP contribution in [0.15, 0.2) is 29.0 Å². The van der Waals surface area contributed by atoms with Gasteiger partial charge in [0.15, 0.2) is 0 Å². The van der Waals surface area contributed by atoms with E-state index < -0.39 is 0 Å². The van der Waals surface area contributed by atoms with Crippen LogP contribution in [0.4, 0.5) is 0 Å². The van der Waals surface area contributed by atoms with E-state index in [1.54, 1.807) is 12.1 Å². The van der Waals surface area contributed by atoms with E-state index in [4.69, 9.17) is 4.42 Å². The normalized spacial score (nSPS) is 10.2. The van der Waals surface area contributed by atoms with Gasteiger partial charge in [-0.05, 0) is 24.6 Å². The van der Waals surface area contributed by atoms with E-state index in [2.05, 4.69) is 10.2 Å². The number of phenols is 1. The summed E-state index contributed by atoms with van der Waals surface area (Å²) in [6.45, 7) is 1.90. The third-order valence-electron chi connectivity index (χ3n) is 1.74. The lowest BCUT2D eigenvalue weighted by Crippen LogP contribution is -1.80. The molecule has 66 valence electrons. The Morgan fingerprint density at radius 3 is 2.85 bits per heavy atom. The summed E-state index contributed by atoms with van der Waals surface area (Å²) in [5, 5.41) is 16.8. The molecule has 0 radical (unpaired) electrons. The lowest BCUT2D eigenvalue weighted by atomic mass is 10.1. The van der Waals surface area contributed by atoms with Gasteiger partial charge in [0.2, 0.25) is 6.39 Å². The summed E-state index contributed by atoms with van der Waals surface area (Å²) >= 11 is 0. The second kappa shape index (κ2) is 2.90. The molecule has 2 rings (SSSR count). The van der Waals surface area contributed by atoms with E-state index in [-0.39, 0.29) is 5.75 Å². The monoisotopic (exact) mass is 176 g/mol. The molecule has 1 aromatic heterocycles. The Labute approximate surface area is 74.8 Å². The highest BCUT2D eigenvalue weighted by Crippen LogP contribution is 2.27. The van der Waals surface area contributed by atoms with Crippen molar-refractivity contribution >= 4 is 0 Å². The van der Waals surface area contributed by atoms with Crippen LogP contribution in [0.3, 0.4) is 0 Å². The molecule has 0 aliphatic heterocycles. The fourth-order valence-electron chi connectivity index (χ4n) is 1.11. The van der Waals surface area contributed by atoms with Crippen molar-refractivity contribution in [2.75, 3.05) is 0 Å². The van der Waals surface area contributed by atoms with Crippen LogP contribution in [0, 0.1) is 6.92 Å². The second-order valence-corrected chi connectivity index (χ2v) is 2.76. The molecule has 0 spiro atoms. The number of aromatic hydroxyl groups is 1. The molecule has 2 aromatic rings. The number of rotatable bonds is 1. The Morgan fingerprint density at radius 2 is 2.23 bits per heavy atom. The van der Waals surface area contributed by atoms with Crippen molar-refractivity contribution in [2.24, 2.45) is 0 Å². The predicted octanol–water partition coefficient (Wildman–Crippen LogP) is 1.75. The van der Waals surface area contributed by atoms with Crippen molar-refractivity contribution in [3.8, 4) is 17.2 Å². The van der Waals surface area contributed by atoms with E-state index in [1.165, 1.54) is 6.39 Å². The number of aryl methyl sites for hydroxylation is 1. The lowest BCUT2D eigenvalue weighted by Gasteiger charge is -1.99. The Kier molecular flexibility index (Phi) is 1.73. The first-order chi connectivity index (χ1) is 6.27. The average molecular weight is 176 g/mol. The van der Waals surface area contributed by atoms with Crippen LogP contribution in [-0.4, -0.2) is 15.3 Å². The van der Waals surface area contributed by atoms with Crippen LogP contribution >= 0.6 is 0 Å². The molecular formula is C9H8N2O2. The second-order valence-electron chi connectivity index (χ2n) is 2.76. The highest BCUT2D eigenvalue weighted by Gasteiger charge is 2.08. The summed E-state index contributed by atoms with van der Waals surface area (Å²) in [5.74, 6) is 0.488. The Balaban J connectivity index is 2.53. The molecule has 0 saturated carbocycles. The predicted molar refractivity (Wildman–Crippen MR) is 46.1 cm³/mol. The van der Waals surface area contributed by atoms with Crippen LogP contribution in [0.5, 0.6) is 5.75 Å². The van der Waals surface area contributed by atoms with Crippen LogP contribution in [0.2, 0.25) is 0 Å². The summed E-state index contributed by atoms with van der Waals surface area (Å²) in [6.07, 6.45) is 1.23. The zero-order chi connectivity index (χ0) is 9.26. The Hall–Kier alpha value is -1.84. The van der Waals surface area contributed by atoms with Crippen molar-refractivity contribution in [3.05, 3.63) is 30.2 Å². The Morgan fingerprint density at radius 1 is 1.38 bits per heavy atom.